The molecule has 4 rings (SSSR count). The van der Waals surface area contributed by atoms with Crippen LogP contribution in [0.4, 0.5) is 18.9 Å². The SMILES string of the molecule is Cl.Cl.O=S(=O)(Oc1ccc(N2CCN(CCC3CCCc4ccccc43)CC2)cc1)C(F)(F)F. The summed E-state index contributed by atoms with van der Waals surface area (Å²) in [5.74, 6) is 0.274. The van der Waals surface area contributed by atoms with Gasteiger partial charge in [-0.15, -0.1) is 24.8 Å². The topological polar surface area (TPSA) is 49.9 Å². The fourth-order valence-electron chi connectivity index (χ4n) is 4.61. The second-order valence-corrected chi connectivity index (χ2v) is 9.92. The van der Waals surface area contributed by atoms with Gasteiger partial charge in [0.15, 0.2) is 0 Å². The number of benzene rings is 2. The van der Waals surface area contributed by atoms with Gasteiger partial charge < -0.3 is 9.08 Å². The molecule has 1 saturated heterocycles. The van der Waals surface area contributed by atoms with Crippen molar-refractivity contribution in [3.8, 4) is 5.75 Å². The van der Waals surface area contributed by atoms with Gasteiger partial charge in [-0.2, -0.15) is 21.6 Å². The minimum absolute atomic E-state index is 0. The minimum atomic E-state index is -5.65. The summed E-state index contributed by atoms with van der Waals surface area (Å²) in [4.78, 5) is 4.61. The lowest BCUT2D eigenvalue weighted by molar-refractivity contribution is -0.0500. The van der Waals surface area contributed by atoms with Crippen LogP contribution >= 0.6 is 24.8 Å². The van der Waals surface area contributed by atoms with E-state index in [2.05, 4.69) is 38.2 Å². The zero-order chi connectivity index (χ0) is 22.8. The summed E-state index contributed by atoms with van der Waals surface area (Å²) in [6.07, 6.45) is 4.82. The zero-order valence-corrected chi connectivity index (χ0v) is 21.0. The first-order chi connectivity index (χ1) is 15.2. The number of anilines is 1. The molecular weight excluding hydrogens is 512 g/mol. The van der Waals surface area contributed by atoms with E-state index < -0.39 is 15.6 Å². The lowest BCUT2D eigenvalue weighted by atomic mass is 9.81. The van der Waals surface area contributed by atoms with Gasteiger partial charge >= 0.3 is 15.6 Å². The number of hydrogen-bond acceptors (Lipinski definition) is 5. The number of alkyl halides is 3. The summed E-state index contributed by atoms with van der Waals surface area (Å²) in [6.45, 7) is 4.49. The molecule has 1 fully saturated rings. The van der Waals surface area contributed by atoms with Crippen LogP contribution in [0.5, 0.6) is 5.75 Å². The number of halogens is 5. The van der Waals surface area contributed by atoms with E-state index in [0.717, 1.165) is 44.8 Å². The molecule has 2 aromatic carbocycles. The molecule has 1 heterocycles. The maximum absolute atomic E-state index is 12.5. The maximum atomic E-state index is 12.5. The van der Waals surface area contributed by atoms with Gasteiger partial charge in [0.2, 0.25) is 0 Å². The van der Waals surface area contributed by atoms with Crippen LogP contribution in [0.25, 0.3) is 0 Å². The van der Waals surface area contributed by atoms with Gasteiger partial charge in [0.05, 0.1) is 0 Å². The number of aryl methyl sites for hydroxylation is 1. The number of fused-ring (bicyclic) bond motifs is 1. The maximum Gasteiger partial charge on any atom is 0.534 e. The molecule has 0 bridgehead atoms. The van der Waals surface area contributed by atoms with E-state index in [1.54, 1.807) is 12.1 Å². The number of nitrogens with zero attached hydrogens (tertiary/aromatic N) is 2. The predicted octanol–water partition coefficient (Wildman–Crippen LogP) is 5.39. The molecule has 5 nitrogen and oxygen atoms in total. The summed E-state index contributed by atoms with van der Waals surface area (Å²) in [5.41, 5.74) is -1.61. The Balaban J connectivity index is 0.00000204. The second-order valence-electron chi connectivity index (χ2n) is 8.38. The highest BCUT2D eigenvalue weighted by atomic mass is 35.5. The van der Waals surface area contributed by atoms with Crippen LogP contribution in [-0.4, -0.2) is 51.5 Å². The van der Waals surface area contributed by atoms with Crippen molar-refractivity contribution in [1.29, 1.82) is 0 Å². The van der Waals surface area contributed by atoms with Gasteiger partial charge in [0, 0.05) is 31.9 Å². The molecule has 2 aromatic rings. The van der Waals surface area contributed by atoms with Gasteiger partial charge in [-0.1, -0.05) is 24.3 Å². The lowest BCUT2D eigenvalue weighted by Gasteiger charge is -2.37. The highest BCUT2D eigenvalue weighted by Gasteiger charge is 2.48. The number of piperazine rings is 1. The molecule has 2 aliphatic rings. The van der Waals surface area contributed by atoms with Crippen LogP contribution in [0, 0.1) is 0 Å². The van der Waals surface area contributed by atoms with Crippen molar-refractivity contribution in [2.45, 2.75) is 37.1 Å². The Morgan fingerprint density at radius 1 is 0.941 bits per heavy atom. The molecule has 0 spiro atoms. The Morgan fingerprint density at radius 2 is 1.59 bits per heavy atom. The van der Waals surface area contributed by atoms with Crippen LogP contribution in [0.3, 0.4) is 0 Å². The van der Waals surface area contributed by atoms with Gasteiger partial charge in [0.1, 0.15) is 5.75 Å². The third kappa shape index (κ3) is 6.71. The largest absolute Gasteiger partial charge is 0.534 e. The molecule has 1 aliphatic heterocycles. The first-order valence-electron chi connectivity index (χ1n) is 10.9. The molecule has 190 valence electrons. The molecule has 11 heteroatoms. The van der Waals surface area contributed by atoms with Crippen molar-refractivity contribution in [2.75, 3.05) is 37.6 Å². The zero-order valence-electron chi connectivity index (χ0n) is 18.5. The Labute approximate surface area is 211 Å². The lowest BCUT2D eigenvalue weighted by Crippen LogP contribution is -2.46. The highest BCUT2D eigenvalue weighted by molar-refractivity contribution is 7.88. The fourth-order valence-corrected chi connectivity index (χ4v) is 5.07. The monoisotopic (exact) mass is 540 g/mol. The van der Waals surface area contributed by atoms with Crippen LogP contribution in [0.2, 0.25) is 0 Å². The molecule has 0 aromatic heterocycles. The van der Waals surface area contributed by atoms with Crippen LogP contribution in [0.15, 0.2) is 48.5 Å². The summed E-state index contributed by atoms with van der Waals surface area (Å²) < 4.78 is 63.8. The van der Waals surface area contributed by atoms with E-state index in [-0.39, 0.29) is 30.6 Å². The van der Waals surface area contributed by atoms with E-state index in [9.17, 15) is 21.6 Å². The van der Waals surface area contributed by atoms with Crippen molar-refractivity contribution in [2.24, 2.45) is 0 Å². The van der Waals surface area contributed by atoms with Gasteiger partial charge in [-0.25, -0.2) is 0 Å². The normalized spacial score (nSPS) is 18.9. The average molecular weight is 541 g/mol. The standard InChI is InChI=1S/C23H27F3N2O3S.2ClH/c24-23(25,26)32(29,30)31-21-10-8-20(9-11-21)28-16-14-27(15-17-28)13-12-19-6-3-5-18-4-1-2-7-22(18)19;;/h1-2,4,7-11,19H,3,5-6,12-17H2;2*1H. The van der Waals surface area contributed by atoms with Crippen molar-refractivity contribution in [1.82, 2.24) is 4.90 Å². The summed E-state index contributed by atoms with van der Waals surface area (Å²) >= 11 is 0. The Hall–Kier alpha value is -1.68. The molecule has 0 amide bonds. The first-order valence-corrected chi connectivity index (χ1v) is 12.3. The molecule has 1 aliphatic carbocycles. The van der Waals surface area contributed by atoms with Gasteiger partial charge in [-0.05, 0) is 73.5 Å². The van der Waals surface area contributed by atoms with E-state index in [1.165, 1.54) is 42.5 Å². The molecule has 0 radical (unpaired) electrons. The first kappa shape index (κ1) is 28.6. The van der Waals surface area contributed by atoms with Crippen LogP contribution in [-0.2, 0) is 16.5 Å². The molecule has 0 N–H and O–H groups in total. The minimum Gasteiger partial charge on any atom is -0.376 e. The Morgan fingerprint density at radius 3 is 2.24 bits per heavy atom. The van der Waals surface area contributed by atoms with E-state index in [0.29, 0.717) is 5.92 Å². The van der Waals surface area contributed by atoms with Crippen molar-refractivity contribution < 1.29 is 25.8 Å². The smallest absolute Gasteiger partial charge is 0.376 e. The number of rotatable bonds is 6. The summed E-state index contributed by atoms with van der Waals surface area (Å²) in [5, 5.41) is 0. The van der Waals surface area contributed by atoms with E-state index >= 15 is 0 Å². The number of hydrogen-bond donors (Lipinski definition) is 0. The third-order valence-electron chi connectivity index (χ3n) is 6.35. The van der Waals surface area contributed by atoms with Crippen molar-refractivity contribution in [3.05, 3.63) is 59.7 Å². The van der Waals surface area contributed by atoms with Gasteiger partial charge in [0.25, 0.3) is 0 Å². The van der Waals surface area contributed by atoms with Crippen molar-refractivity contribution in [3.63, 3.8) is 0 Å². The third-order valence-corrected chi connectivity index (χ3v) is 7.33. The van der Waals surface area contributed by atoms with E-state index in [1.807, 2.05) is 0 Å². The fraction of sp³-hybridized carbons (Fsp3) is 0.478. The molecule has 0 saturated carbocycles. The molecule has 1 atom stereocenters. The summed E-state index contributed by atoms with van der Waals surface area (Å²) in [7, 11) is -5.65. The molecular formula is C23H29Cl2F3N2O3S. The summed E-state index contributed by atoms with van der Waals surface area (Å²) in [6, 6.07) is 14.5. The molecule has 34 heavy (non-hydrogen) atoms. The van der Waals surface area contributed by atoms with Crippen molar-refractivity contribution >= 4 is 40.6 Å². The molecule has 1 unspecified atom stereocenters. The van der Waals surface area contributed by atoms with E-state index in [4.69, 9.17) is 0 Å². The predicted molar refractivity (Wildman–Crippen MR) is 132 cm³/mol. The van der Waals surface area contributed by atoms with Crippen LogP contribution < -0.4 is 9.08 Å². The quantitative estimate of drug-likeness (QED) is 0.363. The second kappa shape index (κ2) is 11.8. The highest BCUT2D eigenvalue weighted by Crippen LogP contribution is 2.34. The van der Waals surface area contributed by atoms with Crippen LogP contribution in [0.1, 0.15) is 36.3 Å². The Kier molecular flexibility index (Phi) is 9.94. The Bertz CT molecular complexity index is 1030. The van der Waals surface area contributed by atoms with Gasteiger partial charge in [-0.3, -0.25) is 4.90 Å². The average Bonchev–Trinajstić information content (AvgIpc) is 2.77.